The number of hydrogen-bond donors (Lipinski definition) is 1. The van der Waals surface area contributed by atoms with Gasteiger partial charge in [0.2, 0.25) is 5.78 Å². The Labute approximate surface area is 215 Å². The van der Waals surface area contributed by atoms with Crippen LogP contribution in [0.2, 0.25) is 0 Å². The molecule has 0 saturated carbocycles. The molecule has 0 unspecified atom stereocenters. The van der Waals surface area contributed by atoms with E-state index < -0.39 is 50.9 Å². The molecular weight excluding hydrogens is 572 g/mol. The van der Waals surface area contributed by atoms with Gasteiger partial charge in [-0.05, 0) is 37.1 Å². The van der Waals surface area contributed by atoms with E-state index in [4.69, 9.17) is 15.6 Å². The average Bonchev–Trinajstić information content (AvgIpc) is 3.12. The normalized spacial score (nSPS) is 13.6. The van der Waals surface area contributed by atoms with Crippen molar-refractivity contribution in [3.05, 3.63) is 35.9 Å². The van der Waals surface area contributed by atoms with Crippen molar-refractivity contribution in [3.63, 3.8) is 0 Å². The number of ether oxygens (including phenoxy) is 1. The molecule has 0 fully saturated rings. The number of anilines is 2. The molecule has 10 nitrogen and oxygen atoms in total. The summed E-state index contributed by atoms with van der Waals surface area (Å²) in [7, 11) is -9.02. The number of carbonyl (C=O) groups excluding carboxylic acids is 2. The molecule has 0 atom stereocenters. The minimum Gasteiger partial charge on any atom is -0.542 e. The van der Waals surface area contributed by atoms with Crippen LogP contribution in [0.15, 0.2) is 35.2 Å². The second-order valence-corrected chi connectivity index (χ2v) is 10.1. The quantitative estimate of drug-likeness (QED) is 0.239. The van der Waals surface area contributed by atoms with Crippen LogP contribution >= 0.6 is 10.2 Å². The summed E-state index contributed by atoms with van der Waals surface area (Å²) in [5, 5.41) is 17.2. The number of carbonyl (C=O) groups is 2. The summed E-state index contributed by atoms with van der Waals surface area (Å²) in [5.41, 5.74) is 5.57. The van der Waals surface area contributed by atoms with Gasteiger partial charge in [-0.2, -0.15) is 13.2 Å². The molecule has 3 aromatic rings. The van der Waals surface area contributed by atoms with Crippen LogP contribution in [-0.2, 0) is 11.3 Å². The molecule has 39 heavy (non-hydrogen) atoms. The Morgan fingerprint density at radius 1 is 1.10 bits per heavy atom. The number of rotatable bonds is 8. The van der Waals surface area contributed by atoms with Gasteiger partial charge < -0.3 is 25.3 Å². The molecule has 2 aromatic heterocycles. The number of Topliss-reactive ketones (excluding diaryl/α,β-unsaturated/α-hetero) is 1. The number of aromatic nitrogens is 4. The predicted octanol–water partition coefficient (Wildman–Crippen LogP) is 3.29. The van der Waals surface area contributed by atoms with Gasteiger partial charge in [0.25, 0.3) is 0 Å². The number of ketones is 1. The highest BCUT2D eigenvalue weighted by Crippen LogP contribution is 3.02. The lowest BCUT2D eigenvalue weighted by Gasteiger charge is -2.40. The van der Waals surface area contributed by atoms with Crippen LogP contribution in [0.25, 0.3) is 5.65 Å². The van der Waals surface area contributed by atoms with E-state index in [1.54, 1.807) is 12.1 Å². The molecule has 0 aliphatic carbocycles. The van der Waals surface area contributed by atoms with Crippen molar-refractivity contribution in [2.24, 2.45) is 0 Å². The first kappa shape index (κ1) is 31.3. The van der Waals surface area contributed by atoms with E-state index in [9.17, 15) is 37.4 Å². The number of hydrogen-bond acceptors (Lipinski definition) is 8. The molecule has 2 heterocycles. The summed E-state index contributed by atoms with van der Waals surface area (Å²) in [5.74, 6) is -3.88. The minimum absolute atomic E-state index is 0.0554. The smallest absolute Gasteiger partial charge is 0.430 e. The van der Waals surface area contributed by atoms with Crippen LogP contribution < -0.4 is 25.2 Å². The highest BCUT2D eigenvalue weighted by Gasteiger charge is 2.65. The zero-order valence-electron chi connectivity index (χ0n) is 20.4. The highest BCUT2D eigenvalue weighted by atomic mass is 32.5. The SMILES string of the molecule is CCN(CC)c1ccc2n(n1)c(N)n[n+]2CC(=O)c1cc(OC)cc(S(F)(F)(F)(F)F)c1.O=C([O-])C(F)(F)F. The third kappa shape index (κ3) is 7.80. The summed E-state index contributed by atoms with van der Waals surface area (Å²) < 4.78 is 105. The van der Waals surface area contributed by atoms with E-state index in [-0.39, 0.29) is 18.1 Å². The zero-order valence-corrected chi connectivity index (χ0v) is 21.2. The highest BCUT2D eigenvalue weighted by molar-refractivity contribution is 8.45. The van der Waals surface area contributed by atoms with Gasteiger partial charge in [0.15, 0.2) is 12.4 Å². The Kier molecular flexibility index (Phi) is 8.04. The number of methoxy groups -OCH3 is 1. The first-order valence-corrected chi connectivity index (χ1v) is 12.6. The van der Waals surface area contributed by atoms with Gasteiger partial charge in [-0.25, -0.2) is 0 Å². The van der Waals surface area contributed by atoms with E-state index in [0.29, 0.717) is 24.6 Å². The fraction of sp³-hybridized carbons (Fsp3) is 0.350. The van der Waals surface area contributed by atoms with Crippen molar-refractivity contribution in [3.8, 4) is 5.75 Å². The molecule has 1 aromatic carbocycles. The van der Waals surface area contributed by atoms with E-state index in [1.807, 2.05) is 18.7 Å². The summed E-state index contributed by atoms with van der Waals surface area (Å²) in [6.07, 6.45) is -5.19. The Morgan fingerprint density at radius 2 is 1.67 bits per heavy atom. The number of nitrogen functional groups attached to an aromatic ring is 1. The number of nitrogens with zero attached hydrogens (tertiary/aromatic N) is 5. The maximum Gasteiger partial charge on any atom is 0.430 e. The molecule has 218 valence electrons. The third-order valence-corrected chi connectivity index (χ3v) is 6.13. The summed E-state index contributed by atoms with van der Waals surface area (Å²) in [4.78, 5) is 21.2. The van der Waals surface area contributed by atoms with E-state index in [2.05, 4.69) is 14.9 Å². The molecule has 0 radical (unpaired) electrons. The van der Waals surface area contributed by atoms with Gasteiger partial charge in [-0.1, -0.05) is 29.0 Å². The van der Waals surface area contributed by atoms with Gasteiger partial charge in [0.1, 0.15) is 16.6 Å². The number of benzene rings is 1. The maximum absolute atomic E-state index is 13.3. The zero-order chi connectivity index (χ0) is 30.0. The average molecular weight is 594 g/mol. The lowest BCUT2D eigenvalue weighted by atomic mass is 10.1. The van der Waals surface area contributed by atoms with Crippen LogP contribution in [-0.4, -0.2) is 52.8 Å². The number of alkyl halides is 3. The number of halogens is 8. The lowest BCUT2D eigenvalue weighted by molar-refractivity contribution is -0.714. The fourth-order valence-electron chi connectivity index (χ4n) is 3.12. The van der Waals surface area contributed by atoms with E-state index >= 15 is 0 Å². The van der Waals surface area contributed by atoms with Gasteiger partial charge >= 0.3 is 28.0 Å². The first-order chi connectivity index (χ1) is 17.6. The summed E-state index contributed by atoms with van der Waals surface area (Å²) in [6, 6.07) is 4.51. The Hall–Kier alpha value is -3.90. The van der Waals surface area contributed by atoms with Crippen LogP contribution in [0.5, 0.6) is 5.75 Å². The van der Waals surface area contributed by atoms with Crippen molar-refractivity contribution in [1.29, 1.82) is 0 Å². The second-order valence-electron chi connectivity index (χ2n) is 7.72. The van der Waals surface area contributed by atoms with Gasteiger partial charge in [-0.15, -0.1) is 4.68 Å². The molecule has 0 bridgehead atoms. The molecule has 0 amide bonds. The Bertz CT molecular complexity index is 1390. The number of carboxylic acid groups (broad SMARTS) is 1. The molecule has 0 spiro atoms. The number of fused-ring (bicyclic) bond motifs is 1. The van der Waals surface area contributed by atoms with E-state index in [0.717, 1.165) is 17.9 Å². The molecule has 2 N–H and O–H groups in total. The molecule has 0 saturated heterocycles. The van der Waals surface area contributed by atoms with Crippen molar-refractivity contribution < 1.29 is 56.7 Å². The van der Waals surface area contributed by atoms with E-state index in [1.165, 1.54) is 4.52 Å². The largest absolute Gasteiger partial charge is 0.542 e. The van der Waals surface area contributed by atoms with Crippen molar-refractivity contribution in [1.82, 2.24) is 14.7 Å². The lowest BCUT2D eigenvalue weighted by Crippen LogP contribution is -2.40. The van der Waals surface area contributed by atoms with Gasteiger partial charge in [-0.3, -0.25) is 4.79 Å². The Balaban J connectivity index is 0.000000673. The fourth-order valence-corrected chi connectivity index (χ4v) is 3.81. The third-order valence-electron chi connectivity index (χ3n) is 5.00. The van der Waals surface area contributed by atoms with Crippen LogP contribution in [0.4, 0.5) is 44.4 Å². The number of aliphatic carboxylic acids is 1. The predicted molar refractivity (Wildman–Crippen MR) is 121 cm³/mol. The number of carboxylic acids is 1. The Morgan fingerprint density at radius 3 is 2.13 bits per heavy atom. The molecule has 0 aliphatic heterocycles. The standard InChI is InChI=1S/C18H22F5N6O2S.C2HF3O2/c1-4-27(5-2)16-6-7-17-28(26-18(24)29(17)25-16)11-15(30)12-8-13(31-3)10-14(9-12)32(19,20,21,22)23;3-2(4,5)1(6)7/h6-10H,4-5,11H2,1-3H3,(H2,24,26);(H,6,7)/q+1;/p-1. The molecule has 19 heteroatoms. The van der Waals surface area contributed by atoms with Crippen molar-refractivity contribution in [2.75, 3.05) is 30.8 Å². The molecule has 3 rings (SSSR count). The summed E-state index contributed by atoms with van der Waals surface area (Å²) in [6.45, 7) is 4.71. The second kappa shape index (κ2) is 10.0. The molecular formula is C20H22F8N6O4S. The van der Waals surface area contributed by atoms with Crippen LogP contribution in [0.3, 0.4) is 0 Å². The minimum atomic E-state index is -10.0. The van der Waals surface area contributed by atoms with Crippen molar-refractivity contribution in [2.45, 2.75) is 31.5 Å². The topological polar surface area (TPSA) is 130 Å². The van der Waals surface area contributed by atoms with Crippen LogP contribution in [0.1, 0.15) is 24.2 Å². The maximum atomic E-state index is 13.3. The van der Waals surface area contributed by atoms with Gasteiger partial charge in [0.05, 0.1) is 7.11 Å². The number of nitrogens with two attached hydrogens (primary N) is 1. The van der Waals surface area contributed by atoms with Crippen LogP contribution in [0, 0.1) is 0 Å². The first-order valence-electron chi connectivity index (χ1n) is 10.7. The van der Waals surface area contributed by atoms with Gasteiger partial charge in [0, 0.05) is 30.8 Å². The molecule has 0 aliphatic rings. The van der Waals surface area contributed by atoms with Crippen molar-refractivity contribution >= 4 is 39.4 Å². The summed E-state index contributed by atoms with van der Waals surface area (Å²) >= 11 is 0. The monoisotopic (exact) mass is 594 g/mol.